The average molecular weight is 393 g/mol. The van der Waals surface area contributed by atoms with Crippen LogP contribution in [0, 0.1) is 17.5 Å². The van der Waals surface area contributed by atoms with Gasteiger partial charge in [-0.25, -0.2) is 17.8 Å². The molecule has 0 radical (unpaired) electrons. The van der Waals surface area contributed by atoms with E-state index < -0.39 is 34.3 Å². The first-order chi connectivity index (χ1) is 12.9. The van der Waals surface area contributed by atoms with Crippen molar-refractivity contribution in [2.45, 2.75) is 17.3 Å². The molecule has 3 aromatic rings. The van der Waals surface area contributed by atoms with Gasteiger partial charge in [-0.2, -0.15) is 0 Å². The van der Waals surface area contributed by atoms with Crippen molar-refractivity contribution in [1.29, 1.82) is 0 Å². The molecule has 0 saturated heterocycles. The molecule has 2 aromatic carbocycles. The number of para-hydroxylation sites is 1. The normalized spacial score (nSPS) is 12.0. The van der Waals surface area contributed by atoms with Crippen LogP contribution in [0.3, 0.4) is 0 Å². The van der Waals surface area contributed by atoms with E-state index in [1.165, 1.54) is 37.3 Å². The molecule has 3 rings (SSSR count). The zero-order chi connectivity index (χ0) is 19.6. The van der Waals surface area contributed by atoms with Crippen LogP contribution in [0.15, 0.2) is 47.6 Å². The Labute approximate surface area is 156 Å². The van der Waals surface area contributed by atoms with Gasteiger partial charge >= 0.3 is 0 Å². The lowest BCUT2D eigenvalue weighted by Gasteiger charge is -2.12. The topological polar surface area (TPSA) is 85.8 Å². The molecule has 1 atom stereocenters. The summed E-state index contributed by atoms with van der Waals surface area (Å²) in [5, 5.41) is 9.50. The van der Waals surface area contributed by atoms with Crippen molar-refractivity contribution in [3.05, 3.63) is 59.9 Å². The van der Waals surface area contributed by atoms with Crippen LogP contribution in [0.25, 0.3) is 11.4 Å². The zero-order valence-corrected chi connectivity index (χ0v) is 14.8. The van der Waals surface area contributed by atoms with Gasteiger partial charge in [0.25, 0.3) is 0 Å². The highest BCUT2D eigenvalue weighted by Crippen LogP contribution is 2.26. The Bertz CT molecular complexity index is 957. The van der Waals surface area contributed by atoms with Gasteiger partial charge in [-0.15, -0.1) is 10.2 Å². The zero-order valence-electron chi connectivity index (χ0n) is 14.0. The number of carbonyl (C=O) groups is 1. The summed E-state index contributed by atoms with van der Waals surface area (Å²) in [6, 6.07) is 8.80. The lowest BCUT2D eigenvalue weighted by Crippen LogP contribution is -2.24. The molecule has 0 unspecified atom stereocenters. The molecule has 27 heavy (non-hydrogen) atoms. The number of benzene rings is 2. The van der Waals surface area contributed by atoms with Gasteiger partial charge in [0.1, 0.15) is 23.1 Å². The fourth-order valence-corrected chi connectivity index (χ4v) is 2.98. The number of nitrogens with two attached hydrogens (primary N) is 1. The van der Waals surface area contributed by atoms with Crippen molar-refractivity contribution in [1.82, 2.24) is 14.9 Å². The van der Waals surface area contributed by atoms with E-state index in [4.69, 9.17) is 5.84 Å². The molecule has 0 fully saturated rings. The molecule has 1 aromatic heterocycles. The number of thioether (sulfide) groups is 1. The fraction of sp³-hybridized carbons (Fsp3) is 0.118. The van der Waals surface area contributed by atoms with Crippen molar-refractivity contribution in [2.24, 2.45) is 0 Å². The van der Waals surface area contributed by atoms with E-state index in [1.54, 1.807) is 0 Å². The summed E-state index contributed by atoms with van der Waals surface area (Å²) in [6.07, 6.45) is 0. The summed E-state index contributed by atoms with van der Waals surface area (Å²) >= 11 is 0.961. The fourth-order valence-electron chi connectivity index (χ4n) is 2.21. The number of amides is 1. The summed E-state index contributed by atoms with van der Waals surface area (Å²) in [6.45, 7) is 1.53. The molecule has 3 N–H and O–H groups in total. The van der Waals surface area contributed by atoms with Crippen molar-refractivity contribution < 1.29 is 18.0 Å². The maximum atomic E-state index is 13.6. The van der Waals surface area contributed by atoms with E-state index >= 15 is 0 Å². The van der Waals surface area contributed by atoms with E-state index in [0.717, 1.165) is 28.6 Å². The molecule has 1 heterocycles. The monoisotopic (exact) mass is 393 g/mol. The van der Waals surface area contributed by atoms with Crippen LogP contribution in [-0.4, -0.2) is 26.0 Å². The summed E-state index contributed by atoms with van der Waals surface area (Å²) in [5.41, 5.74) is 0.0277. The molecule has 0 aliphatic carbocycles. The lowest BCUT2D eigenvalue weighted by atomic mass is 10.2. The largest absolute Gasteiger partial charge is 0.335 e. The average Bonchev–Trinajstić information content (AvgIpc) is 2.99. The third-order valence-corrected chi connectivity index (χ3v) is 4.69. The summed E-state index contributed by atoms with van der Waals surface area (Å²) in [4.78, 5) is 12.2. The number of rotatable bonds is 5. The van der Waals surface area contributed by atoms with Gasteiger partial charge in [-0.1, -0.05) is 17.8 Å². The van der Waals surface area contributed by atoms with Gasteiger partial charge in [0.2, 0.25) is 11.1 Å². The molecule has 1 amide bonds. The first kappa shape index (κ1) is 18.8. The quantitative estimate of drug-likeness (QED) is 0.514. The smallest absolute Gasteiger partial charge is 0.237 e. The van der Waals surface area contributed by atoms with Crippen molar-refractivity contribution >= 4 is 23.4 Å². The molecular formula is C17H14F3N5OS. The van der Waals surface area contributed by atoms with E-state index in [1.807, 2.05) is 0 Å². The maximum Gasteiger partial charge on any atom is 0.237 e. The minimum Gasteiger partial charge on any atom is -0.335 e. The number of hydrogen-bond donors (Lipinski definition) is 2. The Morgan fingerprint density at radius 1 is 1.11 bits per heavy atom. The Morgan fingerprint density at radius 2 is 1.74 bits per heavy atom. The van der Waals surface area contributed by atoms with Crippen molar-refractivity contribution in [2.75, 3.05) is 11.2 Å². The highest BCUT2D eigenvalue weighted by molar-refractivity contribution is 8.00. The lowest BCUT2D eigenvalue weighted by molar-refractivity contribution is -0.115. The Kier molecular flexibility index (Phi) is 5.36. The van der Waals surface area contributed by atoms with Gasteiger partial charge in [0.05, 0.1) is 5.25 Å². The molecule has 140 valence electrons. The predicted octanol–water partition coefficient (Wildman–Crippen LogP) is 3.20. The number of hydrogen-bond acceptors (Lipinski definition) is 5. The number of nitrogen functional groups attached to an aromatic ring is 1. The van der Waals surface area contributed by atoms with Gasteiger partial charge in [0, 0.05) is 5.56 Å². The minimum atomic E-state index is -0.874. The minimum absolute atomic E-state index is 0.214. The second kappa shape index (κ2) is 7.70. The number of aromatic nitrogens is 3. The van der Waals surface area contributed by atoms with E-state index in [9.17, 15) is 18.0 Å². The SMILES string of the molecule is C[C@H](Sc1nnc(-c2ccc(F)cc2)n1N)C(=O)Nc1c(F)cccc1F. The first-order valence-electron chi connectivity index (χ1n) is 7.74. The molecule has 0 aliphatic heterocycles. The molecule has 10 heteroatoms. The van der Waals surface area contributed by atoms with Crippen LogP contribution in [0.2, 0.25) is 0 Å². The number of nitrogens with one attached hydrogen (secondary N) is 1. The number of anilines is 1. The number of halogens is 3. The maximum absolute atomic E-state index is 13.6. The number of nitrogens with zero attached hydrogens (tertiary/aromatic N) is 3. The highest BCUT2D eigenvalue weighted by Gasteiger charge is 2.22. The third kappa shape index (κ3) is 4.05. The van der Waals surface area contributed by atoms with Crippen LogP contribution < -0.4 is 11.2 Å². The Balaban J connectivity index is 1.73. The highest BCUT2D eigenvalue weighted by atomic mass is 32.2. The summed E-state index contributed by atoms with van der Waals surface area (Å²) < 4.78 is 41.5. The molecule has 0 bridgehead atoms. The van der Waals surface area contributed by atoms with E-state index in [-0.39, 0.29) is 11.0 Å². The van der Waals surface area contributed by atoms with Crippen LogP contribution in [0.1, 0.15) is 6.92 Å². The second-order valence-corrected chi connectivity index (χ2v) is 6.84. The predicted molar refractivity (Wildman–Crippen MR) is 95.9 cm³/mol. The van der Waals surface area contributed by atoms with Gasteiger partial charge in [0.15, 0.2) is 5.82 Å². The van der Waals surface area contributed by atoms with Gasteiger partial charge < -0.3 is 11.2 Å². The molecule has 0 saturated carbocycles. The molecule has 0 aliphatic rings. The van der Waals surface area contributed by atoms with Crippen LogP contribution in [0.5, 0.6) is 0 Å². The summed E-state index contributed by atoms with van der Waals surface area (Å²) in [7, 11) is 0. The van der Waals surface area contributed by atoms with Gasteiger partial charge in [-0.3, -0.25) is 4.79 Å². The van der Waals surface area contributed by atoms with Crippen molar-refractivity contribution in [3.8, 4) is 11.4 Å². The third-order valence-electron chi connectivity index (χ3n) is 3.63. The van der Waals surface area contributed by atoms with E-state index in [0.29, 0.717) is 5.56 Å². The van der Waals surface area contributed by atoms with Crippen molar-refractivity contribution in [3.63, 3.8) is 0 Å². The molecule has 0 spiro atoms. The Hall–Kier alpha value is -3.01. The van der Waals surface area contributed by atoms with Crippen LogP contribution in [-0.2, 0) is 4.79 Å². The Morgan fingerprint density at radius 3 is 2.37 bits per heavy atom. The molecular weight excluding hydrogens is 379 g/mol. The second-order valence-electron chi connectivity index (χ2n) is 5.53. The van der Waals surface area contributed by atoms with Gasteiger partial charge in [-0.05, 0) is 43.3 Å². The summed E-state index contributed by atoms with van der Waals surface area (Å²) in [5.74, 6) is 3.45. The standard InChI is InChI=1S/C17H14F3N5OS/c1-9(16(26)22-14-12(19)3-2-4-13(14)20)27-17-24-23-15(25(17)21)10-5-7-11(18)8-6-10/h2-9H,21H2,1H3,(H,22,26)/t9-/m0/s1. The molecule has 6 nitrogen and oxygen atoms in total. The number of carbonyl (C=O) groups excluding carboxylic acids is 1. The van der Waals surface area contributed by atoms with E-state index in [2.05, 4.69) is 15.5 Å². The van der Waals surface area contributed by atoms with Crippen LogP contribution in [0.4, 0.5) is 18.9 Å². The van der Waals surface area contributed by atoms with Crippen LogP contribution >= 0.6 is 11.8 Å². The first-order valence-corrected chi connectivity index (χ1v) is 8.62.